The number of carbonyl (C=O) groups is 4. The highest BCUT2D eigenvalue weighted by Gasteiger charge is 2.38. The molecule has 780 valence electrons. The molecule has 12 aromatic carbocycles. The Balaban J connectivity index is 0.000000215. The van der Waals surface area contributed by atoms with E-state index in [1.165, 1.54) is 71.9 Å². The van der Waals surface area contributed by atoms with Crippen LogP contribution in [0.1, 0.15) is 279 Å². The van der Waals surface area contributed by atoms with Crippen molar-refractivity contribution in [2.24, 2.45) is 23.7 Å². The minimum absolute atomic E-state index is 0. The molecule has 16 nitrogen and oxygen atoms in total. The van der Waals surface area contributed by atoms with Gasteiger partial charge < -0.3 is 57.6 Å². The van der Waals surface area contributed by atoms with E-state index in [1.807, 2.05) is 98.8 Å². The number of aryl methyl sites for hydroxylation is 4. The van der Waals surface area contributed by atoms with E-state index in [0.29, 0.717) is 71.7 Å². The van der Waals surface area contributed by atoms with Crippen molar-refractivity contribution in [2.45, 2.75) is 264 Å². The molecule has 146 heavy (non-hydrogen) atoms. The molecule has 4 unspecified atom stereocenters. The van der Waals surface area contributed by atoms with Crippen molar-refractivity contribution < 1.29 is 94.3 Å². The molecule has 0 aliphatic heterocycles. The van der Waals surface area contributed by atoms with Crippen molar-refractivity contribution in [1.82, 2.24) is 0 Å². The van der Waals surface area contributed by atoms with Gasteiger partial charge in [0.25, 0.3) is 0 Å². The highest BCUT2D eigenvalue weighted by atomic mass is 19.1. The van der Waals surface area contributed by atoms with Crippen molar-refractivity contribution in [3.05, 3.63) is 331 Å². The van der Waals surface area contributed by atoms with Crippen LogP contribution in [0.25, 0.3) is 44.5 Å². The fourth-order valence-corrected chi connectivity index (χ4v) is 20.1. The van der Waals surface area contributed by atoms with Gasteiger partial charge >= 0.3 is 23.9 Å². The minimum atomic E-state index is -0.767. The van der Waals surface area contributed by atoms with Crippen LogP contribution in [0.4, 0.5) is 17.6 Å². The standard InChI is InChI=1S/2C31H35FO4.2C30H33FO4.4CH4/c2*1-19(30(33)35-6)24-13-9-21-8-10-23(17-26(21)24)36-18-20-7-12-25(28(15-20)31(2,3)4)27-16-22(34-5)11-14-29(27)32;2*1-18(29(32)33)23-12-8-20-7-9-22(16-25(20)23)35-17-19-6-11-24(27(14-19)30(2,3)4)26-15-21(34-5)10-13-28(26)31;;;;/h2*7-8,10-12,14-17,19,24H,9,13,18H2,1-6H3;2*6-7,9-11,13-16,18,23H,8,12,17H2,1-5H3,(H,32,33);4*1H4/t2*19?,24-;2*18?,23-;;;;/m1010..../s1. The normalized spacial score (nSPS) is 15.5. The second-order valence-corrected chi connectivity index (χ2v) is 42.0. The summed E-state index contributed by atoms with van der Waals surface area (Å²) >= 11 is 0. The van der Waals surface area contributed by atoms with E-state index in [-0.39, 0.29) is 122 Å². The number of methoxy groups -OCH3 is 6. The van der Waals surface area contributed by atoms with Crippen molar-refractivity contribution in [2.75, 3.05) is 42.7 Å². The van der Waals surface area contributed by atoms with Crippen molar-refractivity contribution in [3.63, 3.8) is 0 Å². The molecule has 20 heteroatoms. The molecule has 4 aliphatic carbocycles. The Bertz CT molecular complexity index is 6170. The summed E-state index contributed by atoms with van der Waals surface area (Å²) in [5.41, 5.74) is 22.2. The zero-order valence-electron chi connectivity index (χ0n) is 86.0. The van der Waals surface area contributed by atoms with Gasteiger partial charge in [-0.25, -0.2) is 17.6 Å². The molecule has 12 aromatic rings. The lowest BCUT2D eigenvalue weighted by Gasteiger charge is -2.25. The molecule has 0 fully saturated rings. The Kier molecular flexibility index (Phi) is 39.5. The number of hydrogen-bond donors (Lipinski definition) is 2. The molecule has 0 amide bonds. The molecule has 0 spiro atoms. The highest BCUT2D eigenvalue weighted by Crippen LogP contribution is 2.49. The zero-order chi connectivity index (χ0) is 103. The number of benzene rings is 12. The first kappa shape index (κ1) is 116. The van der Waals surface area contributed by atoms with Gasteiger partial charge in [-0.15, -0.1) is 0 Å². The summed E-state index contributed by atoms with van der Waals surface area (Å²) in [4.78, 5) is 47.3. The number of hydrogen-bond acceptors (Lipinski definition) is 14. The average molecular weight is 2000 g/mol. The Morgan fingerprint density at radius 2 is 0.473 bits per heavy atom. The monoisotopic (exact) mass is 2000 g/mol. The lowest BCUT2D eigenvalue weighted by atomic mass is 9.81. The van der Waals surface area contributed by atoms with E-state index < -0.39 is 23.8 Å². The first-order valence-electron chi connectivity index (χ1n) is 48.9. The third-order valence-electron chi connectivity index (χ3n) is 28.3. The van der Waals surface area contributed by atoms with Crippen LogP contribution < -0.4 is 37.9 Å². The van der Waals surface area contributed by atoms with Gasteiger partial charge in [-0.2, -0.15) is 0 Å². The number of carboxylic acids is 2. The molecule has 0 heterocycles. The van der Waals surface area contributed by atoms with Gasteiger partial charge in [0, 0.05) is 22.3 Å². The Labute approximate surface area is 864 Å². The molecule has 4 aliphatic rings. The maximum Gasteiger partial charge on any atom is 0.308 e. The van der Waals surface area contributed by atoms with Crippen LogP contribution in [-0.2, 0) is 102 Å². The van der Waals surface area contributed by atoms with Gasteiger partial charge in [0.1, 0.15) is 95.7 Å². The zero-order valence-corrected chi connectivity index (χ0v) is 86.0. The van der Waals surface area contributed by atoms with Crippen LogP contribution in [0.15, 0.2) is 218 Å². The quantitative estimate of drug-likeness (QED) is 0.0346. The first-order chi connectivity index (χ1) is 67.4. The number of fused-ring (bicyclic) bond motifs is 4. The minimum Gasteiger partial charge on any atom is -0.497 e. The molecule has 0 radical (unpaired) electrons. The second kappa shape index (κ2) is 49.7. The molecule has 0 bridgehead atoms. The number of rotatable bonds is 28. The summed E-state index contributed by atoms with van der Waals surface area (Å²) in [5.74, 6) is 1.52. The number of esters is 2. The number of carbonyl (C=O) groups excluding carboxylic acids is 2. The van der Waals surface area contributed by atoms with Crippen molar-refractivity contribution in [3.8, 4) is 90.5 Å². The van der Waals surface area contributed by atoms with Crippen LogP contribution in [0, 0.1) is 46.9 Å². The molecule has 16 rings (SSSR count). The number of carboxylic acid groups (broad SMARTS) is 2. The van der Waals surface area contributed by atoms with E-state index in [9.17, 15) is 47.0 Å². The summed E-state index contributed by atoms with van der Waals surface area (Å²) in [6.45, 7) is 34.3. The summed E-state index contributed by atoms with van der Waals surface area (Å²) in [7, 11) is 9.19. The lowest BCUT2D eigenvalue weighted by molar-refractivity contribution is -0.146. The van der Waals surface area contributed by atoms with E-state index in [4.69, 9.17) is 47.4 Å². The molecule has 0 saturated carbocycles. The fraction of sp³-hybridized carbons (Fsp3) is 0.397. The summed E-state index contributed by atoms with van der Waals surface area (Å²) in [5, 5.41) is 18.9. The van der Waals surface area contributed by atoms with Gasteiger partial charge in [0.15, 0.2) is 0 Å². The van der Waals surface area contributed by atoms with Gasteiger partial charge in [0.05, 0.1) is 66.3 Å². The lowest BCUT2D eigenvalue weighted by Crippen LogP contribution is -2.19. The van der Waals surface area contributed by atoms with Gasteiger partial charge in [-0.1, -0.05) is 238 Å². The van der Waals surface area contributed by atoms with Crippen LogP contribution >= 0.6 is 0 Å². The third-order valence-corrected chi connectivity index (χ3v) is 28.3. The first-order valence-corrected chi connectivity index (χ1v) is 48.9. The highest BCUT2D eigenvalue weighted by molar-refractivity contribution is 5.78. The molecular formula is C126H152F4O16. The topological polar surface area (TPSA) is 201 Å². The largest absolute Gasteiger partial charge is 0.497 e. The molecular weight excluding hydrogens is 1850 g/mol. The van der Waals surface area contributed by atoms with E-state index >= 15 is 0 Å². The maximum atomic E-state index is 14.8. The van der Waals surface area contributed by atoms with E-state index in [0.717, 1.165) is 152 Å². The molecule has 0 saturated heterocycles. The second-order valence-electron chi connectivity index (χ2n) is 42.0. The number of halogens is 4. The van der Waals surface area contributed by atoms with Gasteiger partial charge in [-0.3, -0.25) is 19.2 Å². The van der Waals surface area contributed by atoms with Gasteiger partial charge in [0.2, 0.25) is 0 Å². The molecule has 0 aromatic heterocycles. The number of ether oxygens (including phenoxy) is 10. The Morgan fingerprint density at radius 1 is 0.274 bits per heavy atom. The summed E-state index contributed by atoms with van der Waals surface area (Å²) in [6, 6.07) is 67.6. The summed E-state index contributed by atoms with van der Waals surface area (Å²) in [6.07, 6.45) is 7.29. The van der Waals surface area contributed by atoms with Crippen LogP contribution in [0.3, 0.4) is 0 Å². The Morgan fingerprint density at radius 3 is 0.658 bits per heavy atom. The number of aliphatic carboxylic acids is 2. The van der Waals surface area contributed by atoms with Crippen molar-refractivity contribution in [1.29, 1.82) is 0 Å². The van der Waals surface area contributed by atoms with Crippen LogP contribution in [0.5, 0.6) is 46.0 Å². The molecule has 2 N–H and O–H groups in total. The molecule has 8 atom stereocenters. The summed E-state index contributed by atoms with van der Waals surface area (Å²) < 4.78 is 115. The van der Waals surface area contributed by atoms with Crippen LogP contribution in [0.2, 0.25) is 0 Å². The van der Waals surface area contributed by atoms with E-state index in [1.54, 1.807) is 90.8 Å². The predicted molar refractivity (Wildman–Crippen MR) is 579 cm³/mol. The smallest absolute Gasteiger partial charge is 0.308 e. The van der Waals surface area contributed by atoms with E-state index in [2.05, 4.69) is 144 Å². The third kappa shape index (κ3) is 27.5. The SMILES string of the molecule is C.C.C.C.COC(=O)C(C)[C@@H]1CCc2ccc(OCc3ccc(-c4cc(OC)ccc4F)c(C(C)(C)C)c3)cc21.COC(=O)C(C)[C@H]1CCc2ccc(OCc3ccc(-c4cc(OC)ccc4F)c(C(C)(C)C)c3)cc21.COc1ccc(F)c(-c2ccc(COc3ccc4c(c3)[C@@H](C(C)C(=O)O)CC4)cc2C(C)(C)C)c1.COc1ccc(F)c(-c2ccc(COc3ccc4c(c3)[C@H](C(C)C(=O)O)CC4)cc2C(C)(C)C)c1. The maximum absolute atomic E-state index is 14.8. The Hall–Kier alpha value is -13.4. The predicted octanol–water partition coefficient (Wildman–Crippen LogP) is 31.2. The average Bonchev–Trinajstić information content (AvgIpc) is 1.37. The fourth-order valence-electron chi connectivity index (χ4n) is 20.1. The van der Waals surface area contributed by atoms with Crippen LogP contribution in [-0.4, -0.2) is 76.7 Å². The van der Waals surface area contributed by atoms with Gasteiger partial charge in [-0.05, 0) is 329 Å². The van der Waals surface area contributed by atoms with Crippen molar-refractivity contribution >= 4 is 23.9 Å².